The first-order chi connectivity index (χ1) is 17.6. The summed E-state index contributed by atoms with van der Waals surface area (Å²) in [7, 11) is 0. The Hall–Kier alpha value is -3.13. The number of anilines is 1. The summed E-state index contributed by atoms with van der Waals surface area (Å²) in [6, 6.07) is 24.2. The van der Waals surface area contributed by atoms with Gasteiger partial charge in [0.1, 0.15) is 0 Å². The molecular weight excluding hydrogens is 438 g/mol. The molecule has 1 aliphatic carbocycles. The van der Waals surface area contributed by atoms with Crippen LogP contribution in [0.15, 0.2) is 79.4 Å². The molecule has 1 amide bonds. The maximum atomic E-state index is 11.5. The molecule has 0 aromatic heterocycles. The third-order valence-electron chi connectivity index (χ3n) is 7.91. The van der Waals surface area contributed by atoms with Crippen molar-refractivity contribution in [3.05, 3.63) is 90.5 Å². The van der Waals surface area contributed by atoms with Crippen molar-refractivity contribution in [2.45, 2.75) is 77.6 Å². The molecule has 0 bridgehead atoms. The van der Waals surface area contributed by atoms with Crippen LogP contribution >= 0.6 is 0 Å². The van der Waals surface area contributed by atoms with Gasteiger partial charge in [0.2, 0.25) is 5.91 Å². The number of aryl methyl sites for hydroxylation is 1. The van der Waals surface area contributed by atoms with E-state index in [9.17, 15) is 4.79 Å². The van der Waals surface area contributed by atoms with Gasteiger partial charge >= 0.3 is 0 Å². The smallest absolute Gasteiger partial charge is 0.247 e. The molecule has 0 saturated heterocycles. The van der Waals surface area contributed by atoms with Crippen molar-refractivity contribution >= 4 is 11.6 Å². The van der Waals surface area contributed by atoms with Crippen molar-refractivity contribution in [2.24, 2.45) is 5.92 Å². The molecule has 0 heterocycles. The van der Waals surface area contributed by atoms with Crippen LogP contribution < -0.4 is 5.32 Å². The van der Waals surface area contributed by atoms with Gasteiger partial charge in [-0.2, -0.15) is 0 Å². The highest BCUT2D eigenvalue weighted by atomic mass is 16.1. The SMILES string of the molecule is C=CC(=O)Nc1ccc(-c2ccc(-c3ccc(C4CCC(CCCCC)CC4)cc3)c(CC)c2)cc1. The Morgan fingerprint density at radius 3 is 2.17 bits per heavy atom. The first-order valence-electron chi connectivity index (χ1n) is 13.9. The van der Waals surface area contributed by atoms with Crippen LogP contribution in [0.2, 0.25) is 0 Å². The predicted octanol–water partition coefficient (Wildman–Crippen LogP) is 9.56. The van der Waals surface area contributed by atoms with Crippen LogP contribution in [0.4, 0.5) is 5.69 Å². The molecule has 1 aliphatic rings. The topological polar surface area (TPSA) is 29.1 Å². The van der Waals surface area contributed by atoms with Gasteiger partial charge in [-0.3, -0.25) is 4.79 Å². The van der Waals surface area contributed by atoms with E-state index in [0.717, 1.165) is 29.5 Å². The predicted molar refractivity (Wildman–Crippen MR) is 154 cm³/mol. The number of carbonyl (C=O) groups excluding carboxylic acids is 1. The van der Waals surface area contributed by atoms with Gasteiger partial charge < -0.3 is 5.32 Å². The number of benzene rings is 3. The highest BCUT2D eigenvalue weighted by molar-refractivity contribution is 5.99. The maximum absolute atomic E-state index is 11.5. The molecule has 3 aromatic carbocycles. The fourth-order valence-electron chi connectivity index (χ4n) is 5.69. The molecule has 1 fully saturated rings. The average molecular weight is 480 g/mol. The number of amides is 1. The lowest BCUT2D eigenvalue weighted by atomic mass is 9.77. The highest BCUT2D eigenvalue weighted by Crippen LogP contribution is 2.39. The van der Waals surface area contributed by atoms with Crippen LogP contribution in [-0.2, 0) is 11.2 Å². The fourth-order valence-corrected chi connectivity index (χ4v) is 5.69. The van der Waals surface area contributed by atoms with Crippen LogP contribution in [0, 0.1) is 5.92 Å². The summed E-state index contributed by atoms with van der Waals surface area (Å²) in [6.07, 6.45) is 13.3. The summed E-state index contributed by atoms with van der Waals surface area (Å²) in [4.78, 5) is 11.5. The van der Waals surface area contributed by atoms with Crippen molar-refractivity contribution in [3.8, 4) is 22.3 Å². The van der Waals surface area contributed by atoms with Crippen molar-refractivity contribution in [1.82, 2.24) is 0 Å². The Labute approximate surface area is 217 Å². The zero-order valence-electron chi connectivity index (χ0n) is 22.1. The molecule has 0 atom stereocenters. The van der Waals surface area contributed by atoms with E-state index < -0.39 is 0 Å². The monoisotopic (exact) mass is 479 g/mol. The fraction of sp³-hybridized carbons (Fsp3) is 0.382. The van der Waals surface area contributed by atoms with Crippen LogP contribution in [0.25, 0.3) is 22.3 Å². The molecule has 188 valence electrons. The maximum Gasteiger partial charge on any atom is 0.247 e. The van der Waals surface area contributed by atoms with E-state index in [0.29, 0.717) is 0 Å². The normalized spacial score (nSPS) is 17.5. The summed E-state index contributed by atoms with van der Waals surface area (Å²) >= 11 is 0. The van der Waals surface area contributed by atoms with Crippen LogP contribution in [0.1, 0.15) is 82.3 Å². The molecule has 0 spiro atoms. The number of unbranched alkanes of at least 4 members (excludes halogenated alkanes) is 2. The van der Waals surface area contributed by atoms with Gasteiger partial charge in [-0.15, -0.1) is 0 Å². The molecule has 4 rings (SSSR count). The average Bonchev–Trinajstić information content (AvgIpc) is 2.93. The largest absolute Gasteiger partial charge is 0.323 e. The van der Waals surface area contributed by atoms with Crippen molar-refractivity contribution in [1.29, 1.82) is 0 Å². The number of rotatable bonds is 10. The van der Waals surface area contributed by atoms with E-state index in [1.807, 2.05) is 12.1 Å². The molecule has 2 nitrogen and oxygen atoms in total. The summed E-state index contributed by atoms with van der Waals surface area (Å²) in [5.41, 5.74) is 8.63. The van der Waals surface area contributed by atoms with Crippen molar-refractivity contribution in [2.75, 3.05) is 5.32 Å². The third-order valence-corrected chi connectivity index (χ3v) is 7.91. The zero-order valence-corrected chi connectivity index (χ0v) is 22.1. The Kier molecular flexibility index (Phi) is 9.17. The molecule has 1 N–H and O–H groups in total. The van der Waals surface area contributed by atoms with Crippen LogP contribution in [0.5, 0.6) is 0 Å². The number of carbonyl (C=O) groups is 1. The van der Waals surface area contributed by atoms with Crippen LogP contribution in [-0.4, -0.2) is 5.91 Å². The van der Waals surface area contributed by atoms with Crippen molar-refractivity contribution in [3.63, 3.8) is 0 Å². The summed E-state index contributed by atoms with van der Waals surface area (Å²) in [5, 5.41) is 2.81. The minimum atomic E-state index is -0.193. The second-order valence-electron chi connectivity index (χ2n) is 10.3. The van der Waals surface area contributed by atoms with E-state index in [2.05, 4.69) is 80.3 Å². The minimum Gasteiger partial charge on any atom is -0.323 e. The first kappa shape index (κ1) is 25.9. The minimum absolute atomic E-state index is 0.193. The van der Waals surface area contributed by atoms with Gasteiger partial charge in [0, 0.05) is 5.69 Å². The lowest BCUT2D eigenvalue weighted by Crippen LogP contribution is -2.13. The second-order valence-corrected chi connectivity index (χ2v) is 10.3. The van der Waals surface area contributed by atoms with Gasteiger partial charge in [0.25, 0.3) is 0 Å². The van der Waals surface area contributed by atoms with E-state index in [1.165, 1.54) is 85.3 Å². The summed E-state index contributed by atoms with van der Waals surface area (Å²) < 4.78 is 0. The van der Waals surface area contributed by atoms with Gasteiger partial charge in [-0.25, -0.2) is 0 Å². The molecule has 2 heteroatoms. The van der Waals surface area contributed by atoms with E-state index in [-0.39, 0.29) is 5.91 Å². The number of hydrogen-bond donors (Lipinski definition) is 1. The molecule has 0 unspecified atom stereocenters. The quantitative estimate of drug-likeness (QED) is 0.228. The van der Waals surface area contributed by atoms with Crippen LogP contribution in [0.3, 0.4) is 0 Å². The summed E-state index contributed by atoms with van der Waals surface area (Å²) in [5.74, 6) is 1.50. The number of nitrogens with one attached hydrogen (secondary N) is 1. The van der Waals surface area contributed by atoms with E-state index in [1.54, 1.807) is 0 Å². The third kappa shape index (κ3) is 6.55. The lowest BCUT2D eigenvalue weighted by Gasteiger charge is -2.29. The molecule has 0 radical (unpaired) electrons. The first-order valence-corrected chi connectivity index (χ1v) is 13.9. The van der Waals surface area contributed by atoms with E-state index >= 15 is 0 Å². The van der Waals surface area contributed by atoms with Gasteiger partial charge in [-0.1, -0.05) is 101 Å². The van der Waals surface area contributed by atoms with Gasteiger partial charge in [0.15, 0.2) is 0 Å². The molecule has 36 heavy (non-hydrogen) atoms. The Balaban J connectivity index is 1.43. The molecule has 3 aromatic rings. The molecule has 1 saturated carbocycles. The van der Waals surface area contributed by atoms with E-state index in [4.69, 9.17) is 0 Å². The summed E-state index contributed by atoms with van der Waals surface area (Å²) in [6.45, 7) is 8.03. The Bertz CT molecular complexity index is 1130. The van der Waals surface area contributed by atoms with Gasteiger partial charge in [0.05, 0.1) is 0 Å². The Morgan fingerprint density at radius 1 is 0.861 bits per heavy atom. The second kappa shape index (κ2) is 12.7. The molecular formula is C34H41NO. The van der Waals surface area contributed by atoms with Gasteiger partial charge in [-0.05, 0) is 95.5 Å². The highest BCUT2D eigenvalue weighted by Gasteiger charge is 2.22. The Morgan fingerprint density at radius 2 is 1.53 bits per heavy atom. The standard InChI is InChI=1S/C34H41NO/c1-4-7-8-9-25-10-12-27(13-11-25)28-14-16-30(17-15-28)33-23-20-31(24-26(33)5-2)29-18-21-32(22-19-29)35-34(36)6-3/h6,14-25,27H,3-5,7-13H2,1-2H3,(H,35,36). The lowest BCUT2D eigenvalue weighted by molar-refractivity contribution is -0.111. The zero-order chi connectivity index (χ0) is 25.3. The number of hydrogen-bond acceptors (Lipinski definition) is 1. The molecule has 0 aliphatic heterocycles. The van der Waals surface area contributed by atoms with Crippen molar-refractivity contribution < 1.29 is 4.79 Å².